The molecular weight excluding hydrogens is 306 g/mol. The smallest absolute Gasteiger partial charge is 0.257 e. The van der Waals surface area contributed by atoms with Crippen molar-refractivity contribution in [3.63, 3.8) is 0 Å². The Balaban J connectivity index is 1.94. The predicted octanol–water partition coefficient (Wildman–Crippen LogP) is 1.68. The van der Waals surface area contributed by atoms with Gasteiger partial charge in [0.05, 0.1) is 11.3 Å². The molecule has 1 atom stereocenters. The van der Waals surface area contributed by atoms with Gasteiger partial charge in [0.25, 0.3) is 5.91 Å². The summed E-state index contributed by atoms with van der Waals surface area (Å²) in [5.41, 5.74) is 2.34. The fraction of sp³-hybridized carbons (Fsp3) is 0.500. The van der Waals surface area contributed by atoms with Crippen LogP contribution in [-0.4, -0.2) is 41.2 Å². The van der Waals surface area contributed by atoms with Crippen LogP contribution in [0.5, 0.6) is 0 Å². The summed E-state index contributed by atoms with van der Waals surface area (Å²) in [5.74, 6) is -0.780. The van der Waals surface area contributed by atoms with Crippen molar-refractivity contribution >= 4 is 23.4 Å². The first-order valence-corrected chi connectivity index (χ1v) is 8.20. The number of fused-ring (bicyclic) bond motifs is 1. The molecule has 0 radical (unpaired) electrons. The molecule has 1 aromatic rings. The van der Waals surface area contributed by atoms with Crippen molar-refractivity contribution in [2.24, 2.45) is 0 Å². The zero-order valence-electron chi connectivity index (χ0n) is 14.5. The summed E-state index contributed by atoms with van der Waals surface area (Å²) in [6, 6.07) is 5.24. The molecule has 3 rings (SSSR count). The third-order valence-corrected chi connectivity index (χ3v) is 4.90. The van der Waals surface area contributed by atoms with E-state index in [1.807, 2.05) is 25.2 Å². The first-order valence-electron chi connectivity index (χ1n) is 8.20. The largest absolute Gasteiger partial charge is 0.369 e. The maximum absolute atomic E-state index is 13.0. The average molecular weight is 329 g/mol. The van der Waals surface area contributed by atoms with Crippen molar-refractivity contribution in [1.29, 1.82) is 0 Å². The number of nitrogens with one attached hydrogen (secondary N) is 1. The van der Waals surface area contributed by atoms with Gasteiger partial charge in [0.2, 0.25) is 11.8 Å². The highest BCUT2D eigenvalue weighted by molar-refractivity contribution is 6.08. The molecule has 6 heteroatoms. The van der Waals surface area contributed by atoms with Gasteiger partial charge in [-0.05, 0) is 38.8 Å². The SMILES string of the molecule is CN(c1cccc2c1C(=O)N(C1CCC(=O)NC1=O)C2)C(C)(C)C. The van der Waals surface area contributed by atoms with E-state index in [1.54, 1.807) is 4.90 Å². The highest BCUT2D eigenvalue weighted by Crippen LogP contribution is 2.35. The number of hydrogen-bond donors (Lipinski definition) is 1. The van der Waals surface area contributed by atoms with Gasteiger partial charge in [-0.25, -0.2) is 0 Å². The minimum atomic E-state index is -0.574. The minimum Gasteiger partial charge on any atom is -0.369 e. The average Bonchev–Trinajstić information content (AvgIpc) is 2.83. The molecule has 0 spiro atoms. The molecule has 1 fully saturated rings. The van der Waals surface area contributed by atoms with Crippen LogP contribution in [0.4, 0.5) is 5.69 Å². The Labute approximate surface area is 141 Å². The number of amides is 3. The van der Waals surface area contributed by atoms with Gasteiger partial charge in [-0.15, -0.1) is 0 Å². The van der Waals surface area contributed by atoms with Crippen molar-refractivity contribution in [2.45, 2.75) is 51.7 Å². The summed E-state index contributed by atoms with van der Waals surface area (Å²) in [6.07, 6.45) is 0.653. The molecular formula is C18H23N3O3. The fourth-order valence-corrected chi connectivity index (χ4v) is 3.24. The van der Waals surface area contributed by atoms with Crippen molar-refractivity contribution in [1.82, 2.24) is 10.2 Å². The Morgan fingerprint density at radius 1 is 1.21 bits per heavy atom. The summed E-state index contributed by atoms with van der Waals surface area (Å²) >= 11 is 0. The standard InChI is InChI=1S/C18H23N3O3/c1-18(2,3)20(4)12-7-5-6-11-10-21(17(24)15(11)12)13-8-9-14(22)19-16(13)23/h5-7,13H,8-10H2,1-4H3,(H,19,22,23). The highest BCUT2D eigenvalue weighted by Gasteiger charge is 2.40. The third kappa shape index (κ3) is 2.66. The molecule has 24 heavy (non-hydrogen) atoms. The zero-order valence-corrected chi connectivity index (χ0v) is 14.5. The zero-order chi connectivity index (χ0) is 17.6. The van der Waals surface area contributed by atoms with E-state index in [0.717, 1.165) is 11.3 Å². The van der Waals surface area contributed by atoms with Crippen LogP contribution in [0.2, 0.25) is 0 Å². The fourth-order valence-electron chi connectivity index (χ4n) is 3.24. The van der Waals surface area contributed by atoms with E-state index in [9.17, 15) is 14.4 Å². The summed E-state index contributed by atoms with van der Waals surface area (Å²) < 4.78 is 0. The molecule has 6 nitrogen and oxygen atoms in total. The summed E-state index contributed by atoms with van der Waals surface area (Å²) in [4.78, 5) is 40.2. The molecule has 1 aromatic carbocycles. The molecule has 2 aliphatic rings. The van der Waals surface area contributed by atoms with Gasteiger partial charge in [0, 0.05) is 25.6 Å². The quantitative estimate of drug-likeness (QED) is 0.838. The van der Waals surface area contributed by atoms with Crippen LogP contribution in [0.25, 0.3) is 0 Å². The van der Waals surface area contributed by atoms with Gasteiger partial charge in [0.15, 0.2) is 0 Å². The lowest BCUT2D eigenvalue weighted by Crippen LogP contribution is -2.52. The van der Waals surface area contributed by atoms with Gasteiger partial charge >= 0.3 is 0 Å². The first kappa shape index (κ1) is 16.5. The second kappa shape index (κ2) is 5.61. The van der Waals surface area contributed by atoms with Crippen LogP contribution in [-0.2, 0) is 16.1 Å². The Hall–Kier alpha value is -2.37. The number of piperidine rings is 1. The number of nitrogens with zero attached hydrogens (tertiary/aromatic N) is 2. The molecule has 3 amide bonds. The predicted molar refractivity (Wildman–Crippen MR) is 90.6 cm³/mol. The normalized spacial score (nSPS) is 20.9. The van der Waals surface area contributed by atoms with Gasteiger partial charge < -0.3 is 9.80 Å². The second-order valence-electron chi connectivity index (χ2n) is 7.44. The molecule has 0 saturated carbocycles. The molecule has 0 bridgehead atoms. The molecule has 1 unspecified atom stereocenters. The number of imide groups is 1. The number of anilines is 1. The van der Waals surface area contributed by atoms with E-state index in [2.05, 4.69) is 31.0 Å². The van der Waals surface area contributed by atoms with Gasteiger partial charge in [-0.1, -0.05) is 12.1 Å². The Morgan fingerprint density at radius 2 is 1.92 bits per heavy atom. The third-order valence-electron chi connectivity index (χ3n) is 4.90. The van der Waals surface area contributed by atoms with E-state index in [0.29, 0.717) is 18.5 Å². The summed E-state index contributed by atoms with van der Waals surface area (Å²) in [5, 5.41) is 2.33. The maximum Gasteiger partial charge on any atom is 0.257 e. The van der Waals surface area contributed by atoms with Crippen LogP contribution < -0.4 is 10.2 Å². The topological polar surface area (TPSA) is 69.7 Å². The molecule has 1 N–H and O–H groups in total. The lowest BCUT2D eigenvalue weighted by Gasteiger charge is -2.35. The molecule has 0 aliphatic carbocycles. The molecule has 0 aromatic heterocycles. The van der Waals surface area contributed by atoms with Gasteiger partial charge in [-0.2, -0.15) is 0 Å². The lowest BCUT2D eigenvalue weighted by atomic mass is 10.0. The Kier molecular flexibility index (Phi) is 3.86. The number of benzene rings is 1. The summed E-state index contributed by atoms with van der Waals surface area (Å²) in [7, 11) is 1.97. The number of hydrogen-bond acceptors (Lipinski definition) is 4. The van der Waals surface area contributed by atoms with E-state index >= 15 is 0 Å². The molecule has 1 saturated heterocycles. The monoisotopic (exact) mass is 329 g/mol. The van der Waals surface area contributed by atoms with Crippen LogP contribution in [0.3, 0.4) is 0 Å². The maximum atomic E-state index is 13.0. The summed E-state index contributed by atoms with van der Waals surface area (Å²) in [6.45, 7) is 6.67. The molecule has 2 heterocycles. The van der Waals surface area contributed by atoms with E-state index in [1.165, 1.54) is 0 Å². The Morgan fingerprint density at radius 3 is 2.54 bits per heavy atom. The number of carbonyl (C=O) groups is 3. The number of carbonyl (C=O) groups excluding carboxylic acids is 3. The highest BCUT2D eigenvalue weighted by atomic mass is 16.2. The van der Waals surface area contributed by atoms with E-state index in [-0.39, 0.29) is 29.7 Å². The lowest BCUT2D eigenvalue weighted by molar-refractivity contribution is -0.136. The van der Waals surface area contributed by atoms with Crippen molar-refractivity contribution in [2.75, 3.05) is 11.9 Å². The van der Waals surface area contributed by atoms with Crippen molar-refractivity contribution < 1.29 is 14.4 Å². The van der Waals surface area contributed by atoms with Crippen molar-refractivity contribution in [3.8, 4) is 0 Å². The number of rotatable bonds is 2. The minimum absolute atomic E-state index is 0.128. The molecule has 128 valence electrons. The molecule has 2 aliphatic heterocycles. The van der Waals surface area contributed by atoms with E-state index < -0.39 is 6.04 Å². The van der Waals surface area contributed by atoms with Gasteiger partial charge in [-0.3, -0.25) is 19.7 Å². The van der Waals surface area contributed by atoms with Crippen LogP contribution in [0.1, 0.15) is 49.5 Å². The van der Waals surface area contributed by atoms with Crippen LogP contribution in [0.15, 0.2) is 18.2 Å². The Bertz CT molecular complexity index is 721. The van der Waals surface area contributed by atoms with Gasteiger partial charge in [0.1, 0.15) is 6.04 Å². The second-order valence-corrected chi connectivity index (χ2v) is 7.44. The van der Waals surface area contributed by atoms with Crippen molar-refractivity contribution in [3.05, 3.63) is 29.3 Å². The van der Waals surface area contributed by atoms with Crippen LogP contribution in [0, 0.1) is 0 Å². The van der Waals surface area contributed by atoms with Crippen LogP contribution >= 0.6 is 0 Å². The first-order chi connectivity index (χ1) is 11.2. The van der Waals surface area contributed by atoms with E-state index in [4.69, 9.17) is 0 Å².